The molecule has 0 bridgehead atoms. The summed E-state index contributed by atoms with van der Waals surface area (Å²) >= 11 is 0. The fourth-order valence-electron chi connectivity index (χ4n) is 2.34. The number of rotatable bonds is 2. The number of ketones is 1. The molecule has 0 saturated heterocycles. The van der Waals surface area contributed by atoms with Gasteiger partial charge < -0.3 is 4.90 Å². The van der Waals surface area contributed by atoms with Crippen molar-refractivity contribution in [3.8, 4) is 6.07 Å². The molecule has 0 fully saturated rings. The van der Waals surface area contributed by atoms with Crippen LogP contribution in [0.15, 0.2) is 42.5 Å². The minimum atomic E-state index is -0.612. The van der Waals surface area contributed by atoms with Gasteiger partial charge in [0.2, 0.25) is 0 Å². The van der Waals surface area contributed by atoms with Gasteiger partial charge in [-0.05, 0) is 29.8 Å². The molecule has 102 valence electrons. The summed E-state index contributed by atoms with van der Waals surface area (Å²) in [5.41, 5.74) is 1.41. The van der Waals surface area contributed by atoms with Crippen LogP contribution >= 0.6 is 0 Å². The van der Waals surface area contributed by atoms with Crippen LogP contribution in [0.4, 0.5) is 10.1 Å². The summed E-state index contributed by atoms with van der Waals surface area (Å²) in [7, 11) is 0. The number of anilines is 1. The Morgan fingerprint density at radius 3 is 2.67 bits per heavy atom. The minimum Gasteiger partial charge on any atom is -0.300 e. The molecule has 1 aliphatic heterocycles. The highest BCUT2D eigenvalue weighted by molar-refractivity contribution is 6.52. The van der Waals surface area contributed by atoms with Crippen LogP contribution in [0.25, 0.3) is 0 Å². The van der Waals surface area contributed by atoms with Crippen LogP contribution in [0.1, 0.15) is 21.5 Å². The van der Waals surface area contributed by atoms with Gasteiger partial charge in [0.05, 0.1) is 23.4 Å². The largest absolute Gasteiger partial charge is 0.300 e. The van der Waals surface area contributed by atoms with Crippen LogP contribution in [0.3, 0.4) is 0 Å². The van der Waals surface area contributed by atoms with Gasteiger partial charge in [-0.1, -0.05) is 18.2 Å². The Labute approximate surface area is 120 Å². The first-order chi connectivity index (χ1) is 10.1. The average molecular weight is 280 g/mol. The predicted molar refractivity (Wildman–Crippen MR) is 73.1 cm³/mol. The van der Waals surface area contributed by atoms with Gasteiger partial charge in [-0.2, -0.15) is 5.26 Å². The van der Waals surface area contributed by atoms with Crippen LogP contribution < -0.4 is 4.90 Å². The van der Waals surface area contributed by atoms with E-state index in [0.29, 0.717) is 16.8 Å². The lowest BCUT2D eigenvalue weighted by molar-refractivity contribution is -0.114. The molecule has 21 heavy (non-hydrogen) atoms. The van der Waals surface area contributed by atoms with Gasteiger partial charge in [-0.25, -0.2) is 4.39 Å². The molecule has 0 N–H and O–H groups in total. The SMILES string of the molecule is N#Cc1cc(CN2C(=O)C(=O)c3ccccc32)ccc1F. The molecule has 0 unspecified atom stereocenters. The number of halogens is 1. The molecular weight excluding hydrogens is 271 g/mol. The lowest BCUT2D eigenvalue weighted by Gasteiger charge is -2.16. The number of amides is 1. The molecule has 5 heteroatoms. The maximum atomic E-state index is 13.3. The third kappa shape index (κ3) is 2.07. The lowest BCUT2D eigenvalue weighted by atomic mass is 10.1. The second kappa shape index (κ2) is 4.84. The van der Waals surface area contributed by atoms with Crippen molar-refractivity contribution in [2.45, 2.75) is 6.54 Å². The van der Waals surface area contributed by atoms with Crippen molar-refractivity contribution in [1.29, 1.82) is 5.26 Å². The zero-order chi connectivity index (χ0) is 15.0. The van der Waals surface area contributed by atoms with E-state index in [1.807, 2.05) is 0 Å². The van der Waals surface area contributed by atoms with Crippen LogP contribution in [0, 0.1) is 17.1 Å². The molecule has 0 saturated carbocycles. The molecule has 2 aromatic rings. The van der Waals surface area contributed by atoms with Gasteiger partial charge in [-0.3, -0.25) is 9.59 Å². The standard InChI is InChI=1S/C16H9FN2O2/c17-13-6-5-10(7-11(13)8-18)9-19-14-4-2-1-3-12(14)15(20)16(19)21/h1-7H,9H2. The number of fused-ring (bicyclic) bond motifs is 1. The quantitative estimate of drug-likeness (QED) is 0.794. The minimum absolute atomic E-state index is 0.0845. The number of para-hydroxylation sites is 1. The Bertz CT molecular complexity index is 808. The van der Waals surface area contributed by atoms with Gasteiger partial charge in [0, 0.05) is 0 Å². The number of nitriles is 1. The fraction of sp³-hybridized carbons (Fsp3) is 0.0625. The van der Waals surface area contributed by atoms with Crippen molar-refractivity contribution in [3.05, 3.63) is 65.0 Å². The van der Waals surface area contributed by atoms with E-state index in [2.05, 4.69) is 0 Å². The molecule has 4 nitrogen and oxygen atoms in total. The number of nitrogens with zero attached hydrogens (tertiary/aromatic N) is 2. The van der Waals surface area contributed by atoms with Gasteiger partial charge in [0.25, 0.3) is 11.7 Å². The maximum Gasteiger partial charge on any atom is 0.299 e. The summed E-state index contributed by atoms with van der Waals surface area (Å²) < 4.78 is 13.3. The van der Waals surface area contributed by atoms with E-state index in [9.17, 15) is 14.0 Å². The summed E-state index contributed by atoms with van der Waals surface area (Å²) in [6.45, 7) is 0.122. The highest BCUT2D eigenvalue weighted by Gasteiger charge is 2.35. The number of carbonyl (C=O) groups is 2. The van der Waals surface area contributed by atoms with E-state index in [-0.39, 0.29) is 12.1 Å². The normalized spacial score (nSPS) is 13.2. The van der Waals surface area contributed by atoms with Crippen molar-refractivity contribution in [2.75, 3.05) is 4.90 Å². The molecule has 0 atom stereocenters. The van der Waals surface area contributed by atoms with Crippen LogP contribution in [-0.4, -0.2) is 11.7 Å². The van der Waals surface area contributed by atoms with Crippen LogP contribution in [-0.2, 0) is 11.3 Å². The van der Waals surface area contributed by atoms with Crippen molar-refractivity contribution in [3.63, 3.8) is 0 Å². The number of benzene rings is 2. The first-order valence-electron chi connectivity index (χ1n) is 6.25. The first-order valence-corrected chi connectivity index (χ1v) is 6.25. The number of Topliss-reactive ketones (excluding diaryl/α,β-unsaturated/α-hetero) is 1. The Morgan fingerprint density at radius 1 is 1.14 bits per heavy atom. The Kier molecular flexibility index (Phi) is 2.99. The van der Waals surface area contributed by atoms with Crippen molar-refractivity contribution in [1.82, 2.24) is 0 Å². The molecule has 1 aliphatic rings. The van der Waals surface area contributed by atoms with Crippen LogP contribution in [0.5, 0.6) is 0 Å². The van der Waals surface area contributed by atoms with Gasteiger partial charge in [-0.15, -0.1) is 0 Å². The highest BCUT2D eigenvalue weighted by Crippen LogP contribution is 2.30. The van der Waals surface area contributed by atoms with Gasteiger partial charge in [0.1, 0.15) is 11.9 Å². The van der Waals surface area contributed by atoms with Crippen molar-refractivity contribution < 1.29 is 14.0 Å². The van der Waals surface area contributed by atoms with E-state index in [1.165, 1.54) is 23.1 Å². The summed E-state index contributed by atoms with van der Waals surface area (Å²) in [5, 5.41) is 8.83. The summed E-state index contributed by atoms with van der Waals surface area (Å²) in [4.78, 5) is 25.2. The monoisotopic (exact) mass is 280 g/mol. The van der Waals surface area contributed by atoms with E-state index in [1.54, 1.807) is 30.3 Å². The van der Waals surface area contributed by atoms with E-state index in [0.717, 1.165) is 0 Å². The zero-order valence-corrected chi connectivity index (χ0v) is 10.8. The van der Waals surface area contributed by atoms with Gasteiger partial charge in [0.15, 0.2) is 0 Å². The maximum absolute atomic E-state index is 13.3. The average Bonchev–Trinajstić information content (AvgIpc) is 2.74. The number of carbonyl (C=O) groups excluding carboxylic acids is 2. The summed E-state index contributed by atoms with van der Waals surface area (Å²) in [5.74, 6) is -1.77. The van der Waals surface area contributed by atoms with Crippen LogP contribution in [0.2, 0.25) is 0 Å². The first kappa shape index (κ1) is 13.0. The molecule has 1 amide bonds. The Hall–Kier alpha value is -3.00. The third-order valence-electron chi connectivity index (χ3n) is 3.37. The second-order valence-corrected chi connectivity index (χ2v) is 4.66. The topological polar surface area (TPSA) is 61.2 Å². The Balaban J connectivity index is 1.98. The Morgan fingerprint density at radius 2 is 1.90 bits per heavy atom. The zero-order valence-electron chi connectivity index (χ0n) is 10.8. The summed E-state index contributed by atoms with van der Waals surface area (Å²) in [6.07, 6.45) is 0. The highest BCUT2D eigenvalue weighted by atomic mass is 19.1. The van der Waals surface area contributed by atoms with E-state index in [4.69, 9.17) is 5.26 Å². The smallest absolute Gasteiger partial charge is 0.299 e. The molecule has 2 aromatic carbocycles. The number of hydrogen-bond acceptors (Lipinski definition) is 3. The lowest BCUT2D eigenvalue weighted by Crippen LogP contribution is -2.29. The molecule has 0 radical (unpaired) electrons. The fourth-order valence-corrected chi connectivity index (χ4v) is 2.34. The molecular formula is C16H9FN2O2. The third-order valence-corrected chi connectivity index (χ3v) is 3.37. The molecule has 0 aliphatic carbocycles. The molecule has 1 heterocycles. The second-order valence-electron chi connectivity index (χ2n) is 4.66. The van der Waals surface area contributed by atoms with E-state index < -0.39 is 17.5 Å². The molecule has 0 aromatic heterocycles. The molecule has 3 rings (SSSR count). The van der Waals surface area contributed by atoms with Crippen molar-refractivity contribution in [2.24, 2.45) is 0 Å². The van der Waals surface area contributed by atoms with Gasteiger partial charge >= 0.3 is 0 Å². The van der Waals surface area contributed by atoms with Crippen molar-refractivity contribution >= 4 is 17.4 Å². The molecule has 0 spiro atoms. The van der Waals surface area contributed by atoms with E-state index >= 15 is 0 Å². The summed E-state index contributed by atoms with van der Waals surface area (Å²) in [6, 6.07) is 12.5. The number of hydrogen-bond donors (Lipinski definition) is 0. The predicted octanol–water partition coefficient (Wildman–Crippen LogP) is 2.43.